The van der Waals surface area contributed by atoms with Crippen molar-refractivity contribution >= 4 is 11.8 Å². The van der Waals surface area contributed by atoms with Gasteiger partial charge in [-0.2, -0.15) is 0 Å². The summed E-state index contributed by atoms with van der Waals surface area (Å²) in [4.78, 5) is 24.7. The lowest BCUT2D eigenvalue weighted by molar-refractivity contribution is -0.151. The molecule has 0 bridgehead atoms. The molecule has 3 rings (SSSR count). The molecule has 96 valence electrons. The number of hydrogen-bond donors (Lipinski definition) is 1. The van der Waals surface area contributed by atoms with Crippen LogP contribution in [0.5, 0.6) is 0 Å². The smallest absolute Gasteiger partial charge is 0.312 e. The van der Waals surface area contributed by atoms with Crippen LogP contribution in [0.1, 0.15) is 25.7 Å². The molecule has 18 heavy (non-hydrogen) atoms. The van der Waals surface area contributed by atoms with Crippen molar-refractivity contribution in [3.8, 4) is 0 Å². The van der Waals surface area contributed by atoms with Gasteiger partial charge in [0.2, 0.25) is 0 Å². The summed E-state index contributed by atoms with van der Waals surface area (Å²) in [6, 6.07) is 10.6. The van der Waals surface area contributed by atoms with Gasteiger partial charge in [0.25, 0.3) is 0 Å². The molecule has 4 heteroatoms. The molecule has 0 atom stereocenters. The Bertz CT molecular complexity index is 472. The van der Waals surface area contributed by atoms with Gasteiger partial charge < -0.3 is 10.2 Å². The average molecular weight is 246 g/mol. The van der Waals surface area contributed by atoms with E-state index in [0.29, 0.717) is 19.0 Å². The Morgan fingerprint density at radius 1 is 1.17 bits per heavy atom. The molecule has 0 spiro atoms. The van der Waals surface area contributed by atoms with Crippen LogP contribution in [0.15, 0.2) is 30.3 Å². The van der Waals surface area contributed by atoms with E-state index >= 15 is 0 Å². The van der Waals surface area contributed by atoms with Crippen molar-refractivity contribution in [3.63, 3.8) is 0 Å². The summed E-state index contributed by atoms with van der Waals surface area (Å²) in [5, 5.41) is 2.58. The van der Waals surface area contributed by atoms with Crippen LogP contribution in [0.3, 0.4) is 0 Å². The molecule has 0 unspecified atom stereocenters. The first-order chi connectivity index (χ1) is 8.75. The van der Waals surface area contributed by atoms with Gasteiger partial charge in [-0.3, -0.25) is 9.59 Å². The van der Waals surface area contributed by atoms with Gasteiger partial charge in [0, 0.05) is 20.6 Å². The first-order valence-electron chi connectivity index (χ1n) is 6.39. The number of nitrogens with zero attached hydrogens (tertiary/aromatic N) is 1. The van der Waals surface area contributed by atoms with Crippen LogP contribution in [-0.4, -0.2) is 35.8 Å². The molecule has 2 aliphatic rings. The fourth-order valence-electron chi connectivity index (χ4n) is 2.79. The number of hydrogen-bond acceptors (Lipinski definition) is 2. The van der Waals surface area contributed by atoms with E-state index in [2.05, 4.69) is 17.4 Å². The quantitative estimate of drug-likeness (QED) is 0.795. The summed E-state index contributed by atoms with van der Waals surface area (Å²) in [6.45, 7) is 1.23. The average Bonchev–Trinajstić information content (AvgIpc) is 2.34. The number of piperazine rings is 1. The zero-order chi connectivity index (χ0) is 12.5. The Kier molecular flexibility index (Phi) is 2.78. The third kappa shape index (κ3) is 1.88. The van der Waals surface area contributed by atoms with Gasteiger partial charge in [0.15, 0.2) is 0 Å². The lowest BCUT2D eigenvalue weighted by atomic mass is 9.75. The number of carbonyl (C=O) groups is 2. The molecule has 0 aromatic heterocycles. The van der Waals surface area contributed by atoms with Crippen LogP contribution in [0.25, 0.3) is 0 Å². The Hall–Kier alpha value is -1.84. The van der Waals surface area contributed by atoms with E-state index < -0.39 is 5.91 Å². The van der Waals surface area contributed by atoms with Gasteiger partial charge in [-0.1, -0.05) is 30.3 Å². The molecule has 1 saturated carbocycles. The number of benzene rings is 1. The number of rotatable bonds is 2. The molecule has 1 N–H and O–H groups in total. The largest absolute Gasteiger partial charge is 0.346 e. The summed E-state index contributed by atoms with van der Waals surface area (Å²) in [5.41, 5.74) is 1.34. The van der Waals surface area contributed by atoms with Crippen molar-refractivity contribution in [2.24, 2.45) is 0 Å². The van der Waals surface area contributed by atoms with E-state index in [-0.39, 0.29) is 13.4 Å². The van der Waals surface area contributed by atoms with Gasteiger partial charge in [-0.05, 0) is 24.3 Å². The number of carbonyl (C=O) groups excluding carboxylic acids is 2. The zero-order valence-corrected chi connectivity index (χ0v) is 10.1. The summed E-state index contributed by atoms with van der Waals surface area (Å²) < 4.78 is 0. The minimum Gasteiger partial charge on any atom is -0.346 e. The van der Waals surface area contributed by atoms with E-state index in [1.807, 2.05) is 18.2 Å². The van der Waals surface area contributed by atoms with Gasteiger partial charge in [0.1, 0.15) is 0 Å². The van der Waals surface area contributed by atoms with Gasteiger partial charge in [-0.15, -0.1) is 0 Å². The molecule has 1 aromatic carbocycles. The topological polar surface area (TPSA) is 49.4 Å². The molecular formula is C14H18N2O2. The SMILES string of the molecule is O=C1NCCN(C2CC(c3ccccc3)C2)C1=O.[HH]. The summed E-state index contributed by atoms with van der Waals surface area (Å²) in [7, 11) is 0. The third-order valence-electron chi connectivity index (χ3n) is 3.92. The maximum absolute atomic E-state index is 11.7. The van der Waals surface area contributed by atoms with Crippen LogP contribution in [0.2, 0.25) is 0 Å². The van der Waals surface area contributed by atoms with E-state index in [4.69, 9.17) is 0 Å². The Labute approximate surface area is 107 Å². The van der Waals surface area contributed by atoms with Gasteiger partial charge >= 0.3 is 11.8 Å². The van der Waals surface area contributed by atoms with E-state index in [1.165, 1.54) is 5.56 Å². The fraction of sp³-hybridized carbons (Fsp3) is 0.429. The third-order valence-corrected chi connectivity index (χ3v) is 3.92. The minimum atomic E-state index is -0.454. The number of nitrogens with one attached hydrogen (secondary N) is 1. The van der Waals surface area contributed by atoms with Crippen molar-refractivity contribution in [3.05, 3.63) is 35.9 Å². The predicted molar refractivity (Wildman–Crippen MR) is 69.0 cm³/mol. The molecule has 1 heterocycles. The minimum absolute atomic E-state index is 0. The molecule has 1 saturated heterocycles. The van der Waals surface area contributed by atoms with Crippen molar-refractivity contribution in [2.75, 3.05) is 13.1 Å². The van der Waals surface area contributed by atoms with Crippen LogP contribution in [0.4, 0.5) is 0 Å². The van der Waals surface area contributed by atoms with Crippen molar-refractivity contribution in [1.29, 1.82) is 0 Å². The maximum atomic E-state index is 11.7. The molecule has 1 aliphatic heterocycles. The number of amides is 2. The summed E-state index contributed by atoms with van der Waals surface area (Å²) >= 11 is 0. The standard InChI is InChI=1S/C14H16N2O2.H2/c17-13-14(18)16(7-6-15-13)12-8-11(9-12)10-4-2-1-3-5-10;/h1-5,11-12H,6-9H2,(H,15,17);1H. The molecule has 2 amide bonds. The normalized spacial score (nSPS) is 27.7. The fourth-order valence-corrected chi connectivity index (χ4v) is 2.79. The van der Waals surface area contributed by atoms with Crippen molar-refractivity contribution in [1.82, 2.24) is 10.2 Å². The second kappa shape index (κ2) is 4.44. The first kappa shape index (κ1) is 11.3. The second-order valence-electron chi connectivity index (χ2n) is 4.99. The molecule has 1 aliphatic carbocycles. The van der Waals surface area contributed by atoms with Crippen LogP contribution in [0, 0.1) is 0 Å². The van der Waals surface area contributed by atoms with Crippen molar-refractivity contribution < 1.29 is 11.0 Å². The monoisotopic (exact) mass is 246 g/mol. The van der Waals surface area contributed by atoms with Gasteiger partial charge in [-0.25, -0.2) is 0 Å². The molecular weight excluding hydrogens is 228 g/mol. The lowest BCUT2D eigenvalue weighted by Gasteiger charge is -2.44. The lowest BCUT2D eigenvalue weighted by Crippen LogP contribution is -2.58. The van der Waals surface area contributed by atoms with E-state index in [0.717, 1.165) is 12.8 Å². The van der Waals surface area contributed by atoms with E-state index in [1.54, 1.807) is 4.90 Å². The molecule has 0 radical (unpaired) electrons. The molecule has 4 nitrogen and oxygen atoms in total. The second-order valence-corrected chi connectivity index (χ2v) is 4.99. The Morgan fingerprint density at radius 3 is 2.61 bits per heavy atom. The highest BCUT2D eigenvalue weighted by Crippen LogP contribution is 2.39. The highest BCUT2D eigenvalue weighted by atomic mass is 16.2. The highest BCUT2D eigenvalue weighted by molar-refractivity contribution is 6.35. The zero-order valence-electron chi connectivity index (χ0n) is 10.1. The first-order valence-corrected chi connectivity index (χ1v) is 6.39. The van der Waals surface area contributed by atoms with E-state index in [9.17, 15) is 9.59 Å². The Balaban J connectivity index is 0.00000133. The summed E-state index contributed by atoms with van der Waals surface area (Å²) in [5.74, 6) is -0.281. The van der Waals surface area contributed by atoms with Crippen LogP contribution in [-0.2, 0) is 9.59 Å². The van der Waals surface area contributed by atoms with Crippen LogP contribution >= 0.6 is 0 Å². The molecule has 1 aromatic rings. The maximum Gasteiger partial charge on any atom is 0.312 e. The predicted octanol–water partition coefficient (Wildman–Crippen LogP) is 1.14. The van der Waals surface area contributed by atoms with Gasteiger partial charge in [0.05, 0.1) is 0 Å². The highest BCUT2D eigenvalue weighted by Gasteiger charge is 2.39. The summed E-state index contributed by atoms with van der Waals surface area (Å²) in [6.07, 6.45) is 1.95. The molecule has 2 fully saturated rings. The van der Waals surface area contributed by atoms with Crippen LogP contribution < -0.4 is 5.32 Å². The Morgan fingerprint density at radius 2 is 1.89 bits per heavy atom. The van der Waals surface area contributed by atoms with Crippen molar-refractivity contribution in [2.45, 2.75) is 24.8 Å².